The molecule has 0 saturated carbocycles. The predicted molar refractivity (Wildman–Crippen MR) is 116 cm³/mol. The van der Waals surface area contributed by atoms with Gasteiger partial charge in [-0.05, 0) is 43.7 Å². The second kappa shape index (κ2) is 9.00. The fraction of sp³-hybridized carbons (Fsp3) is 0.273. The van der Waals surface area contributed by atoms with Crippen molar-refractivity contribution in [1.82, 2.24) is 9.78 Å². The van der Waals surface area contributed by atoms with Gasteiger partial charge in [-0.3, -0.25) is 4.79 Å². The predicted octanol–water partition coefficient (Wildman–Crippen LogP) is 2.09. The highest BCUT2D eigenvalue weighted by atomic mass is 32.2. The number of aliphatic hydroxyl groups is 2. The lowest BCUT2D eigenvalue weighted by molar-refractivity contribution is -0.0780. The summed E-state index contributed by atoms with van der Waals surface area (Å²) in [5, 5.41) is 24.1. The Balaban J connectivity index is 2.15. The molecule has 0 saturated heterocycles. The van der Waals surface area contributed by atoms with Crippen LogP contribution in [0.4, 0.5) is 8.78 Å². The number of benzene rings is 2. The van der Waals surface area contributed by atoms with Crippen LogP contribution in [-0.2, 0) is 9.84 Å². The summed E-state index contributed by atoms with van der Waals surface area (Å²) in [6, 6.07) is 8.39. The normalized spacial score (nSPS) is 14.5. The van der Waals surface area contributed by atoms with E-state index in [4.69, 9.17) is 4.74 Å². The second-order valence-corrected chi connectivity index (χ2v) is 9.84. The molecule has 3 aromatic rings. The van der Waals surface area contributed by atoms with Gasteiger partial charge in [-0.15, -0.1) is 0 Å². The van der Waals surface area contributed by atoms with Gasteiger partial charge in [0, 0.05) is 17.9 Å². The van der Waals surface area contributed by atoms with Crippen molar-refractivity contribution in [3.63, 3.8) is 0 Å². The van der Waals surface area contributed by atoms with Crippen molar-refractivity contribution in [2.75, 3.05) is 12.9 Å². The Morgan fingerprint density at radius 1 is 1.15 bits per heavy atom. The molecule has 2 N–H and O–H groups in total. The van der Waals surface area contributed by atoms with Crippen molar-refractivity contribution < 1.29 is 32.1 Å². The molecule has 0 fully saturated rings. The average molecular weight is 480 g/mol. The van der Waals surface area contributed by atoms with E-state index in [1.54, 1.807) is 0 Å². The number of aromatic nitrogens is 2. The third kappa shape index (κ3) is 5.27. The van der Waals surface area contributed by atoms with E-state index >= 15 is 0 Å². The Bertz CT molecular complexity index is 1340. The van der Waals surface area contributed by atoms with Crippen molar-refractivity contribution in [3.8, 4) is 22.6 Å². The van der Waals surface area contributed by atoms with Crippen LogP contribution in [0.15, 0.2) is 58.4 Å². The Morgan fingerprint density at radius 3 is 2.33 bits per heavy atom. The van der Waals surface area contributed by atoms with Crippen LogP contribution < -0.4 is 10.3 Å². The van der Waals surface area contributed by atoms with Gasteiger partial charge < -0.3 is 14.9 Å². The van der Waals surface area contributed by atoms with E-state index in [2.05, 4.69) is 5.10 Å². The van der Waals surface area contributed by atoms with Crippen molar-refractivity contribution in [3.05, 3.63) is 70.6 Å². The van der Waals surface area contributed by atoms with Gasteiger partial charge in [0.05, 0.1) is 22.9 Å². The van der Waals surface area contributed by atoms with Gasteiger partial charge in [0.25, 0.3) is 0 Å². The average Bonchev–Trinajstić information content (AvgIpc) is 2.74. The fourth-order valence-electron chi connectivity index (χ4n) is 2.80. The smallest absolute Gasteiger partial charge is 0.314 e. The summed E-state index contributed by atoms with van der Waals surface area (Å²) < 4.78 is 56.9. The minimum Gasteiger partial charge on any atom is -0.484 e. The molecule has 0 aliphatic carbocycles. The number of sulfone groups is 1. The maximum absolute atomic E-state index is 13.7. The fourth-order valence-corrected chi connectivity index (χ4v) is 3.43. The van der Waals surface area contributed by atoms with Gasteiger partial charge in [0.1, 0.15) is 12.2 Å². The molecule has 0 aliphatic rings. The molecular weight excluding hydrogens is 458 g/mol. The number of halogens is 2. The molecule has 0 aliphatic heterocycles. The summed E-state index contributed by atoms with van der Waals surface area (Å²) in [6.07, 6.45) is 1.11. The third-order valence-electron chi connectivity index (χ3n) is 5.08. The summed E-state index contributed by atoms with van der Waals surface area (Å²) >= 11 is 0. The lowest BCUT2D eigenvalue weighted by atomic mass is 10.0. The SMILES string of the molecule is C[C@@H](O)[C@](C)(O)COc1c(-c2ccc(S(C)(=O)=O)cc2)cnn(-c2ccc(F)c(F)c2)c1=O. The molecule has 0 unspecified atom stereocenters. The van der Waals surface area contributed by atoms with Gasteiger partial charge in [-0.25, -0.2) is 17.2 Å². The first-order valence-electron chi connectivity index (χ1n) is 9.73. The Hall–Kier alpha value is -3.15. The van der Waals surface area contributed by atoms with Crippen LogP contribution in [-0.4, -0.2) is 53.0 Å². The van der Waals surface area contributed by atoms with Crippen molar-refractivity contribution in [2.24, 2.45) is 0 Å². The standard InChI is InChI=1S/C22H22F2N2O6S/c1-13(27)22(2,29)12-32-20-17(14-4-7-16(8-5-14)33(3,30)31)11-25-26(21(20)28)15-6-9-18(23)19(24)10-15/h4-11,13,27,29H,12H2,1-3H3/t13-,22-/m1/s1. The van der Waals surface area contributed by atoms with Gasteiger partial charge in [0.15, 0.2) is 27.2 Å². The van der Waals surface area contributed by atoms with Crippen LogP contribution in [0.1, 0.15) is 13.8 Å². The van der Waals surface area contributed by atoms with Crippen molar-refractivity contribution >= 4 is 9.84 Å². The Labute approximate surface area is 188 Å². The van der Waals surface area contributed by atoms with E-state index in [-0.39, 0.29) is 21.9 Å². The van der Waals surface area contributed by atoms with Gasteiger partial charge in [0.2, 0.25) is 0 Å². The molecule has 0 spiro atoms. The van der Waals surface area contributed by atoms with Crippen LogP contribution in [0, 0.1) is 11.6 Å². The maximum atomic E-state index is 13.7. The van der Waals surface area contributed by atoms with Crippen molar-refractivity contribution in [2.45, 2.75) is 30.4 Å². The Kier molecular flexibility index (Phi) is 6.68. The molecule has 0 amide bonds. The molecule has 33 heavy (non-hydrogen) atoms. The largest absolute Gasteiger partial charge is 0.484 e. The van der Waals surface area contributed by atoms with E-state index in [1.165, 1.54) is 44.3 Å². The maximum Gasteiger partial charge on any atom is 0.314 e. The monoisotopic (exact) mass is 480 g/mol. The summed E-state index contributed by atoms with van der Waals surface area (Å²) in [7, 11) is -3.45. The molecule has 176 valence electrons. The van der Waals surface area contributed by atoms with E-state index in [9.17, 15) is 32.2 Å². The molecule has 0 radical (unpaired) electrons. The number of aliphatic hydroxyl groups excluding tert-OH is 1. The topological polar surface area (TPSA) is 119 Å². The third-order valence-corrected chi connectivity index (χ3v) is 6.21. The highest BCUT2D eigenvalue weighted by molar-refractivity contribution is 7.90. The summed E-state index contributed by atoms with van der Waals surface area (Å²) in [6.45, 7) is 2.18. The van der Waals surface area contributed by atoms with Crippen LogP contribution in [0.5, 0.6) is 5.75 Å². The minimum absolute atomic E-state index is 0.0637. The molecule has 2 aromatic carbocycles. The van der Waals surface area contributed by atoms with Gasteiger partial charge in [-0.2, -0.15) is 9.78 Å². The summed E-state index contributed by atoms with van der Waals surface area (Å²) in [4.78, 5) is 13.3. The van der Waals surface area contributed by atoms with Gasteiger partial charge in [-0.1, -0.05) is 12.1 Å². The lowest BCUT2D eigenvalue weighted by Gasteiger charge is -2.26. The van der Waals surface area contributed by atoms with E-state index in [1.807, 2.05) is 0 Å². The van der Waals surface area contributed by atoms with E-state index in [0.29, 0.717) is 5.56 Å². The van der Waals surface area contributed by atoms with Crippen LogP contribution in [0.2, 0.25) is 0 Å². The Morgan fingerprint density at radius 2 is 1.79 bits per heavy atom. The molecule has 1 aromatic heterocycles. The van der Waals surface area contributed by atoms with Crippen LogP contribution in [0.3, 0.4) is 0 Å². The lowest BCUT2D eigenvalue weighted by Crippen LogP contribution is -2.43. The zero-order valence-electron chi connectivity index (χ0n) is 18.0. The molecular formula is C22H22F2N2O6S. The zero-order valence-corrected chi connectivity index (χ0v) is 18.8. The summed E-state index contributed by atoms with van der Waals surface area (Å²) in [5.74, 6) is -2.57. The second-order valence-electron chi connectivity index (χ2n) is 7.82. The number of hydrogen-bond acceptors (Lipinski definition) is 7. The first-order chi connectivity index (χ1) is 15.3. The zero-order chi connectivity index (χ0) is 24.6. The van der Waals surface area contributed by atoms with Crippen LogP contribution in [0.25, 0.3) is 16.8 Å². The minimum atomic E-state index is -3.45. The molecule has 3 rings (SSSR count). The number of ether oxygens (including phenoxy) is 1. The van der Waals surface area contributed by atoms with Gasteiger partial charge >= 0.3 is 5.56 Å². The molecule has 0 bridgehead atoms. The number of rotatable bonds is 7. The first kappa shape index (κ1) is 24.5. The number of nitrogens with zero attached hydrogens (tertiary/aromatic N) is 2. The van der Waals surface area contributed by atoms with Crippen LogP contribution >= 0.6 is 0 Å². The molecule has 11 heteroatoms. The van der Waals surface area contributed by atoms with E-state index in [0.717, 1.165) is 29.1 Å². The highest BCUT2D eigenvalue weighted by Gasteiger charge is 2.29. The van der Waals surface area contributed by atoms with Crippen molar-refractivity contribution in [1.29, 1.82) is 0 Å². The summed E-state index contributed by atoms with van der Waals surface area (Å²) in [5.41, 5.74) is -2.06. The first-order valence-corrected chi connectivity index (χ1v) is 11.6. The highest BCUT2D eigenvalue weighted by Crippen LogP contribution is 2.29. The molecule has 8 nitrogen and oxygen atoms in total. The van der Waals surface area contributed by atoms with E-state index < -0.39 is 45.3 Å². The number of hydrogen-bond donors (Lipinski definition) is 2. The molecule has 2 atom stereocenters. The molecule has 1 heterocycles. The quantitative estimate of drug-likeness (QED) is 0.532.